The zero-order valence-electron chi connectivity index (χ0n) is 37.5. The van der Waals surface area contributed by atoms with Crippen molar-refractivity contribution in [3.63, 3.8) is 0 Å². The molecule has 55 heavy (non-hydrogen) atoms. The number of aliphatic hydroxyl groups is 1. The standard InChI is InChI=1S/C45H78O7Si3/c1-42(2,3)50-41(47)33-38(52-54(15,16)44(7,8)9)32-37-30-34(46)29-36(49-37)31-35(51-53(13,14)43(4,5)6)27-28-48-55(45(10,11)12,39-23-19-17-20-24-39)40-25-21-18-22-26-40/h17-26,34-38,46H,27-33H2,1-16H3/t34-,35+,36-,37+,38-/m1/s1. The van der Waals surface area contributed by atoms with E-state index in [0.29, 0.717) is 38.7 Å². The Labute approximate surface area is 339 Å². The van der Waals surface area contributed by atoms with E-state index in [-0.39, 0.29) is 51.9 Å². The summed E-state index contributed by atoms with van der Waals surface area (Å²) in [5.74, 6) is -0.271. The van der Waals surface area contributed by atoms with Gasteiger partial charge in [-0.1, -0.05) is 123 Å². The van der Waals surface area contributed by atoms with E-state index in [4.69, 9.17) is 22.8 Å². The highest BCUT2D eigenvalue weighted by atomic mass is 28.4. The lowest BCUT2D eigenvalue weighted by Gasteiger charge is -2.44. The maximum Gasteiger partial charge on any atom is 0.308 e. The second-order valence-corrected chi connectivity index (χ2v) is 34.9. The molecule has 0 radical (unpaired) electrons. The van der Waals surface area contributed by atoms with E-state index in [0.717, 1.165) is 0 Å². The van der Waals surface area contributed by atoms with E-state index in [1.165, 1.54) is 10.4 Å². The SMILES string of the molecule is CC(C)(C)OC(=O)C[C@@H](C[C@@H]1C[C@H](O)C[C@H](C[C@H](CCO[Si](c2ccccc2)(c2ccccc2)C(C)(C)C)O[Si](C)(C)C(C)(C)C)O1)O[Si](C)(C)C(C)(C)C. The number of benzene rings is 2. The van der Waals surface area contributed by atoms with Gasteiger partial charge in [0.25, 0.3) is 8.32 Å². The molecule has 1 fully saturated rings. The molecule has 0 unspecified atom stereocenters. The smallest absolute Gasteiger partial charge is 0.308 e. The molecule has 312 valence electrons. The average molecular weight is 815 g/mol. The predicted molar refractivity (Wildman–Crippen MR) is 236 cm³/mol. The van der Waals surface area contributed by atoms with Crippen molar-refractivity contribution in [2.24, 2.45) is 0 Å². The van der Waals surface area contributed by atoms with Crippen LogP contribution in [0.2, 0.25) is 41.3 Å². The first kappa shape index (κ1) is 47.7. The molecule has 0 aliphatic carbocycles. The van der Waals surface area contributed by atoms with Crippen LogP contribution in [0.1, 0.15) is 122 Å². The summed E-state index contributed by atoms with van der Waals surface area (Å²) in [7, 11) is -7.14. The molecule has 0 amide bonds. The second-order valence-electron chi connectivity index (χ2n) is 21.1. The highest BCUT2D eigenvalue weighted by molar-refractivity contribution is 6.99. The first-order valence-corrected chi connectivity index (χ1v) is 28.4. The van der Waals surface area contributed by atoms with E-state index in [2.05, 4.69) is 149 Å². The Morgan fingerprint density at radius 3 is 1.51 bits per heavy atom. The number of carbonyl (C=O) groups is 1. The topological polar surface area (TPSA) is 83.5 Å². The van der Waals surface area contributed by atoms with E-state index < -0.39 is 36.7 Å². The van der Waals surface area contributed by atoms with Gasteiger partial charge in [0.1, 0.15) is 5.60 Å². The Bertz CT molecular complexity index is 1430. The maximum atomic E-state index is 13.1. The summed E-state index contributed by atoms with van der Waals surface area (Å²) in [6.07, 6.45) is 1.64. The van der Waals surface area contributed by atoms with Gasteiger partial charge in [0.15, 0.2) is 16.6 Å². The molecule has 7 nitrogen and oxygen atoms in total. The minimum Gasteiger partial charge on any atom is -0.460 e. The van der Waals surface area contributed by atoms with Crippen molar-refractivity contribution in [3.05, 3.63) is 60.7 Å². The van der Waals surface area contributed by atoms with Gasteiger partial charge < -0.3 is 27.9 Å². The molecular formula is C45H78O7Si3. The third-order valence-corrected chi connectivity index (χ3v) is 26.1. The second kappa shape index (κ2) is 18.5. The van der Waals surface area contributed by atoms with Crippen molar-refractivity contribution in [2.75, 3.05) is 6.61 Å². The predicted octanol–water partition coefficient (Wildman–Crippen LogP) is 10.2. The van der Waals surface area contributed by atoms with Crippen LogP contribution in [0.3, 0.4) is 0 Å². The Balaban J connectivity index is 1.90. The quantitative estimate of drug-likeness (QED) is 0.133. The molecule has 1 saturated heterocycles. The molecule has 1 aliphatic heterocycles. The number of rotatable bonds is 16. The third-order valence-electron chi connectivity index (χ3n) is 12.0. The summed E-state index contributed by atoms with van der Waals surface area (Å²) in [5.41, 5.74) is -0.582. The Kier molecular flexibility index (Phi) is 16.1. The molecule has 1 aliphatic rings. The van der Waals surface area contributed by atoms with Crippen LogP contribution < -0.4 is 10.4 Å². The summed E-state index contributed by atoms with van der Waals surface area (Å²) >= 11 is 0. The Hall–Kier alpha value is -1.64. The summed E-state index contributed by atoms with van der Waals surface area (Å²) in [6.45, 7) is 35.7. The molecule has 0 saturated carbocycles. The summed E-state index contributed by atoms with van der Waals surface area (Å²) in [5, 5.41) is 13.7. The van der Waals surface area contributed by atoms with Crippen molar-refractivity contribution in [1.82, 2.24) is 0 Å². The third kappa shape index (κ3) is 13.5. The molecule has 5 atom stereocenters. The first-order chi connectivity index (χ1) is 25.1. The zero-order chi connectivity index (χ0) is 41.7. The van der Waals surface area contributed by atoms with Gasteiger partial charge >= 0.3 is 5.97 Å². The Morgan fingerprint density at radius 2 is 1.11 bits per heavy atom. The fourth-order valence-corrected chi connectivity index (χ4v) is 14.6. The molecule has 0 spiro atoms. The molecule has 1 N–H and O–H groups in total. The van der Waals surface area contributed by atoms with Gasteiger partial charge in [-0.25, -0.2) is 0 Å². The molecule has 2 aromatic rings. The number of carbonyl (C=O) groups excluding carboxylic acids is 1. The van der Waals surface area contributed by atoms with Crippen LogP contribution in [0.4, 0.5) is 0 Å². The highest BCUT2D eigenvalue weighted by Gasteiger charge is 2.50. The Morgan fingerprint density at radius 1 is 0.691 bits per heavy atom. The van der Waals surface area contributed by atoms with E-state index in [1.54, 1.807) is 0 Å². The van der Waals surface area contributed by atoms with Crippen LogP contribution in [0.15, 0.2) is 60.7 Å². The van der Waals surface area contributed by atoms with Crippen LogP contribution in [0, 0.1) is 0 Å². The lowest BCUT2D eigenvalue weighted by Crippen LogP contribution is -2.66. The van der Waals surface area contributed by atoms with Crippen LogP contribution in [-0.4, -0.2) is 78.8 Å². The summed E-state index contributed by atoms with van der Waals surface area (Å²) in [4.78, 5) is 13.1. The first-order valence-electron chi connectivity index (χ1n) is 20.7. The highest BCUT2D eigenvalue weighted by Crippen LogP contribution is 2.41. The minimum absolute atomic E-state index is 0.0234. The lowest BCUT2D eigenvalue weighted by atomic mass is 9.93. The van der Waals surface area contributed by atoms with Crippen LogP contribution in [0.5, 0.6) is 0 Å². The zero-order valence-corrected chi connectivity index (χ0v) is 40.5. The molecule has 0 aromatic heterocycles. The summed E-state index contributed by atoms with van der Waals surface area (Å²) < 4.78 is 34.0. The van der Waals surface area contributed by atoms with Crippen LogP contribution >= 0.6 is 0 Å². The van der Waals surface area contributed by atoms with Gasteiger partial charge in [-0.05, 0) is 105 Å². The van der Waals surface area contributed by atoms with Gasteiger partial charge in [-0.2, -0.15) is 0 Å². The van der Waals surface area contributed by atoms with Crippen LogP contribution in [0.25, 0.3) is 0 Å². The number of ether oxygens (including phenoxy) is 2. The van der Waals surface area contributed by atoms with Gasteiger partial charge in [0.2, 0.25) is 0 Å². The molecule has 3 rings (SSSR count). The number of hydrogen-bond acceptors (Lipinski definition) is 7. The number of esters is 1. The van der Waals surface area contributed by atoms with E-state index in [9.17, 15) is 9.90 Å². The fraction of sp³-hybridized carbons (Fsp3) is 0.711. The van der Waals surface area contributed by atoms with Crippen molar-refractivity contribution in [1.29, 1.82) is 0 Å². The molecule has 0 bridgehead atoms. The van der Waals surface area contributed by atoms with Crippen molar-refractivity contribution in [2.45, 2.75) is 199 Å². The van der Waals surface area contributed by atoms with E-state index in [1.807, 2.05) is 20.8 Å². The van der Waals surface area contributed by atoms with E-state index >= 15 is 0 Å². The molecule has 1 heterocycles. The fourth-order valence-electron chi connectivity index (χ4n) is 7.24. The van der Waals surface area contributed by atoms with Crippen molar-refractivity contribution >= 4 is 41.3 Å². The maximum absolute atomic E-state index is 13.1. The average Bonchev–Trinajstić information content (AvgIpc) is 3.00. The molecular weight excluding hydrogens is 737 g/mol. The molecule has 2 aromatic carbocycles. The molecule has 10 heteroatoms. The minimum atomic E-state index is -2.73. The van der Waals surface area contributed by atoms with Gasteiger partial charge in [-0.3, -0.25) is 4.79 Å². The van der Waals surface area contributed by atoms with Gasteiger partial charge in [-0.15, -0.1) is 0 Å². The number of aliphatic hydroxyl groups excluding tert-OH is 1. The monoisotopic (exact) mass is 815 g/mol. The normalized spacial score (nSPS) is 20.6. The van der Waals surface area contributed by atoms with Crippen molar-refractivity contribution < 1.29 is 32.7 Å². The van der Waals surface area contributed by atoms with Gasteiger partial charge in [0.05, 0.1) is 30.8 Å². The van der Waals surface area contributed by atoms with Gasteiger partial charge in [0, 0.05) is 12.7 Å². The van der Waals surface area contributed by atoms with Crippen LogP contribution in [-0.2, 0) is 27.5 Å². The summed E-state index contributed by atoms with van der Waals surface area (Å²) in [6, 6.07) is 21.6. The largest absolute Gasteiger partial charge is 0.460 e. The lowest BCUT2D eigenvalue weighted by molar-refractivity contribution is -0.158. The number of hydrogen-bond donors (Lipinski definition) is 1. The van der Waals surface area contributed by atoms with Crippen molar-refractivity contribution in [3.8, 4) is 0 Å².